The number of alkyl halides is 6. The number of thiazole rings is 1. The zero-order valence-corrected chi connectivity index (χ0v) is 17.6. The second-order valence-corrected chi connectivity index (χ2v) is 6.31. The number of aliphatic imine (C=N–C) groups is 1. The van der Waals surface area contributed by atoms with Crippen molar-refractivity contribution in [2.75, 3.05) is 6.54 Å². The number of nitrogens with one attached hydrogen (secondary N) is 2. The first-order valence-corrected chi connectivity index (χ1v) is 8.67. The highest BCUT2D eigenvalue weighted by Crippen LogP contribution is 2.30. The van der Waals surface area contributed by atoms with Crippen molar-refractivity contribution < 1.29 is 26.3 Å². The van der Waals surface area contributed by atoms with Crippen molar-refractivity contribution >= 4 is 41.3 Å². The highest BCUT2D eigenvalue weighted by molar-refractivity contribution is 14.0. The van der Waals surface area contributed by atoms with E-state index in [1.807, 2.05) is 0 Å². The van der Waals surface area contributed by atoms with E-state index in [0.29, 0.717) is 18.1 Å². The van der Waals surface area contributed by atoms with Gasteiger partial charge in [-0.05, 0) is 24.6 Å². The van der Waals surface area contributed by atoms with Crippen molar-refractivity contribution in [1.29, 1.82) is 0 Å². The van der Waals surface area contributed by atoms with Crippen LogP contribution in [0, 0.1) is 0 Å². The van der Waals surface area contributed by atoms with Crippen molar-refractivity contribution in [3.05, 3.63) is 51.5 Å². The van der Waals surface area contributed by atoms with E-state index in [1.54, 1.807) is 6.92 Å². The molecule has 1 aromatic heterocycles. The molecular weight excluding hydrogens is 521 g/mol. The zero-order valence-electron chi connectivity index (χ0n) is 14.5. The van der Waals surface area contributed by atoms with Crippen LogP contribution in [0.15, 0.2) is 34.6 Å². The number of guanidine groups is 1. The summed E-state index contributed by atoms with van der Waals surface area (Å²) in [5.74, 6) is 0.321. The van der Waals surface area contributed by atoms with Crippen LogP contribution in [-0.4, -0.2) is 17.5 Å². The third kappa shape index (κ3) is 7.45. The van der Waals surface area contributed by atoms with E-state index in [-0.39, 0.29) is 42.1 Å². The molecule has 12 heteroatoms. The molecule has 2 rings (SSSR count). The van der Waals surface area contributed by atoms with Crippen LogP contribution in [0.25, 0.3) is 0 Å². The fraction of sp³-hybridized carbons (Fsp3) is 0.375. The number of benzene rings is 1. The van der Waals surface area contributed by atoms with Gasteiger partial charge >= 0.3 is 12.4 Å². The minimum atomic E-state index is -4.49. The quantitative estimate of drug-likeness (QED) is 0.243. The highest BCUT2D eigenvalue weighted by atomic mass is 127. The monoisotopic (exact) mass is 538 g/mol. The molecule has 0 saturated carbocycles. The van der Waals surface area contributed by atoms with Gasteiger partial charge in [-0.1, -0.05) is 12.1 Å². The van der Waals surface area contributed by atoms with E-state index in [1.165, 1.54) is 12.1 Å². The van der Waals surface area contributed by atoms with Gasteiger partial charge in [0.05, 0.1) is 18.7 Å². The largest absolute Gasteiger partial charge is 0.434 e. The third-order valence-corrected chi connectivity index (χ3v) is 4.14. The van der Waals surface area contributed by atoms with Crippen LogP contribution in [0.4, 0.5) is 26.3 Å². The van der Waals surface area contributed by atoms with Crippen LogP contribution in [0.5, 0.6) is 0 Å². The number of aromatic nitrogens is 1. The van der Waals surface area contributed by atoms with Crippen LogP contribution in [0.3, 0.4) is 0 Å². The predicted octanol–water partition coefficient (Wildman–Crippen LogP) is 5.05. The second-order valence-electron chi connectivity index (χ2n) is 5.37. The Morgan fingerprint density at radius 3 is 2.18 bits per heavy atom. The molecule has 0 spiro atoms. The van der Waals surface area contributed by atoms with Gasteiger partial charge < -0.3 is 10.6 Å². The van der Waals surface area contributed by atoms with Gasteiger partial charge in [0.15, 0.2) is 11.7 Å². The molecule has 0 aliphatic heterocycles. The molecule has 2 aromatic rings. The second kappa shape index (κ2) is 10.3. The third-order valence-electron chi connectivity index (χ3n) is 3.29. The molecule has 0 amide bonds. The standard InChI is InChI=1S/C16H16F6N4S.HI/c1-2-23-14(25-8-13-26-12(9-27-13)16(20,21)22)24-7-10-3-5-11(6-4-10)15(17,18)19;/h3-6,9H,2,7-8H2,1H3,(H2,23,24,25);1H. The van der Waals surface area contributed by atoms with Crippen LogP contribution in [0.2, 0.25) is 0 Å². The Balaban J connectivity index is 0.00000392. The fourth-order valence-electron chi connectivity index (χ4n) is 1.99. The van der Waals surface area contributed by atoms with E-state index in [2.05, 4.69) is 20.6 Å². The Bertz CT molecular complexity index is 771. The molecule has 1 aromatic carbocycles. The summed E-state index contributed by atoms with van der Waals surface area (Å²) in [6, 6.07) is 4.59. The summed E-state index contributed by atoms with van der Waals surface area (Å²) in [7, 11) is 0. The number of halogens is 7. The van der Waals surface area contributed by atoms with Crippen LogP contribution < -0.4 is 10.6 Å². The Morgan fingerprint density at radius 2 is 1.68 bits per heavy atom. The van der Waals surface area contributed by atoms with Crippen LogP contribution >= 0.6 is 35.3 Å². The van der Waals surface area contributed by atoms with Gasteiger partial charge in [-0.15, -0.1) is 35.3 Å². The molecule has 156 valence electrons. The fourth-order valence-corrected chi connectivity index (χ4v) is 2.73. The Kier molecular flexibility index (Phi) is 8.98. The first-order chi connectivity index (χ1) is 12.6. The molecule has 0 radical (unpaired) electrons. The maximum Gasteiger partial charge on any atom is 0.434 e. The minimum Gasteiger partial charge on any atom is -0.357 e. The highest BCUT2D eigenvalue weighted by Gasteiger charge is 2.33. The Hall–Kier alpha value is -1.57. The summed E-state index contributed by atoms with van der Waals surface area (Å²) in [5, 5.41) is 6.93. The van der Waals surface area contributed by atoms with Crippen LogP contribution in [-0.2, 0) is 25.4 Å². The van der Waals surface area contributed by atoms with Crippen molar-refractivity contribution in [2.24, 2.45) is 4.99 Å². The maximum atomic E-state index is 12.5. The van der Waals surface area contributed by atoms with Crippen molar-refractivity contribution in [3.8, 4) is 0 Å². The number of nitrogens with zero attached hydrogens (tertiary/aromatic N) is 2. The van der Waals surface area contributed by atoms with Gasteiger partial charge in [-0.3, -0.25) is 0 Å². The van der Waals surface area contributed by atoms with Gasteiger partial charge in [0.1, 0.15) is 5.01 Å². The van der Waals surface area contributed by atoms with E-state index in [9.17, 15) is 26.3 Å². The molecule has 0 fully saturated rings. The summed E-state index contributed by atoms with van der Waals surface area (Å²) in [6.07, 6.45) is -8.89. The van der Waals surface area contributed by atoms with Crippen LogP contribution in [0.1, 0.15) is 28.8 Å². The van der Waals surface area contributed by atoms with Crippen molar-refractivity contribution in [2.45, 2.75) is 32.4 Å². The lowest BCUT2D eigenvalue weighted by molar-refractivity contribution is -0.141. The van der Waals surface area contributed by atoms with Gasteiger partial charge in [0, 0.05) is 11.9 Å². The lowest BCUT2D eigenvalue weighted by atomic mass is 10.1. The van der Waals surface area contributed by atoms with Gasteiger partial charge in [0.2, 0.25) is 0 Å². The summed E-state index contributed by atoms with van der Waals surface area (Å²) >= 11 is 0.872. The van der Waals surface area contributed by atoms with E-state index in [0.717, 1.165) is 28.8 Å². The van der Waals surface area contributed by atoms with E-state index >= 15 is 0 Å². The first-order valence-electron chi connectivity index (χ1n) is 7.79. The molecule has 1 heterocycles. The van der Waals surface area contributed by atoms with Gasteiger partial charge in [-0.25, -0.2) is 9.98 Å². The average molecular weight is 538 g/mol. The zero-order chi connectivity index (χ0) is 20.1. The molecule has 0 bridgehead atoms. The summed E-state index contributed by atoms with van der Waals surface area (Å²) < 4.78 is 75.3. The number of hydrogen-bond donors (Lipinski definition) is 2. The van der Waals surface area contributed by atoms with E-state index < -0.39 is 23.6 Å². The molecule has 0 atom stereocenters. The summed E-state index contributed by atoms with van der Waals surface area (Å²) in [5.41, 5.74) is -1.13. The molecule has 0 aliphatic rings. The minimum absolute atomic E-state index is 0. The summed E-state index contributed by atoms with van der Waals surface area (Å²) in [4.78, 5) is 7.72. The van der Waals surface area contributed by atoms with Crippen molar-refractivity contribution in [1.82, 2.24) is 15.6 Å². The van der Waals surface area contributed by atoms with Gasteiger partial charge in [0.25, 0.3) is 0 Å². The topological polar surface area (TPSA) is 49.3 Å². The number of hydrogen-bond acceptors (Lipinski definition) is 3. The molecule has 28 heavy (non-hydrogen) atoms. The molecule has 0 saturated heterocycles. The molecular formula is C16H17F6IN4S. The average Bonchev–Trinajstić information content (AvgIpc) is 3.06. The van der Waals surface area contributed by atoms with Crippen molar-refractivity contribution in [3.63, 3.8) is 0 Å². The van der Waals surface area contributed by atoms with E-state index in [4.69, 9.17) is 0 Å². The maximum absolute atomic E-state index is 12.5. The SMILES string of the molecule is CCNC(=NCc1ccc(C(F)(F)F)cc1)NCc1nc(C(F)(F)F)cs1.I. The normalized spacial score (nSPS) is 12.5. The van der Waals surface area contributed by atoms with Gasteiger partial charge in [-0.2, -0.15) is 26.3 Å². The molecule has 2 N–H and O–H groups in total. The Morgan fingerprint density at radius 1 is 1.04 bits per heavy atom. The Labute approximate surface area is 178 Å². The molecule has 0 aliphatic carbocycles. The summed E-state index contributed by atoms with van der Waals surface area (Å²) in [6.45, 7) is 2.46. The lowest BCUT2D eigenvalue weighted by Crippen LogP contribution is -2.36. The molecule has 0 unspecified atom stereocenters. The lowest BCUT2D eigenvalue weighted by Gasteiger charge is -2.10. The molecule has 4 nitrogen and oxygen atoms in total. The number of rotatable bonds is 5. The predicted molar refractivity (Wildman–Crippen MR) is 106 cm³/mol. The first kappa shape index (κ1) is 24.5. The smallest absolute Gasteiger partial charge is 0.357 e.